The van der Waals surface area contributed by atoms with E-state index in [0.29, 0.717) is 18.5 Å². The van der Waals surface area contributed by atoms with Gasteiger partial charge >= 0.3 is 0 Å². The Morgan fingerprint density at radius 3 is 2.48 bits per heavy atom. The lowest BCUT2D eigenvalue weighted by Gasteiger charge is -2.23. The molecule has 1 amide bonds. The molecular formula is C18H28N4O. The van der Waals surface area contributed by atoms with Gasteiger partial charge in [-0.05, 0) is 25.3 Å². The van der Waals surface area contributed by atoms with E-state index in [1.54, 1.807) is 7.05 Å². The van der Waals surface area contributed by atoms with E-state index in [-0.39, 0.29) is 12.5 Å². The molecule has 1 aromatic carbocycles. The van der Waals surface area contributed by atoms with Crippen LogP contribution in [0, 0.1) is 6.92 Å². The fraction of sp³-hybridized carbons (Fsp3) is 0.556. The van der Waals surface area contributed by atoms with E-state index in [0.717, 1.165) is 12.8 Å². The predicted molar refractivity (Wildman–Crippen MR) is 94.4 cm³/mol. The van der Waals surface area contributed by atoms with Gasteiger partial charge in [-0.2, -0.15) is 0 Å². The van der Waals surface area contributed by atoms with Crippen LogP contribution in [0.5, 0.6) is 0 Å². The minimum Gasteiger partial charge on any atom is -0.352 e. The molecular weight excluding hydrogens is 288 g/mol. The van der Waals surface area contributed by atoms with Crippen LogP contribution >= 0.6 is 0 Å². The van der Waals surface area contributed by atoms with Gasteiger partial charge in [-0.3, -0.25) is 9.79 Å². The zero-order valence-corrected chi connectivity index (χ0v) is 14.2. The van der Waals surface area contributed by atoms with E-state index in [2.05, 4.69) is 52.1 Å². The lowest BCUT2D eigenvalue weighted by atomic mass is 9.95. The van der Waals surface area contributed by atoms with E-state index in [1.807, 2.05) is 0 Å². The molecule has 5 heteroatoms. The number of guanidine groups is 1. The summed E-state index contributed by atoms with van der Waals surface area (Å²) in [7, 11) is 1.71. The molecule has 0 spiro atoms. The molecule has 0 aromatic heterocycles. The zero-order chi connectivity index (χ0) is 16.5. The smallest absolute Gasteiger partial charge is 0.239 e. The van der Waals surface area contributed by atoms with Crippen LogP contribution in [0.15, 0.2) is 29.3 Å². The Labute approximate surface area is 139 Å². The SMILES string of the molecule is CN=C(NCC(=O)NC1CCCCC1)NCc1ccc(C)cc1. The van der Waals surface area contributed by atoms with Crippen molar-refractivity contribution in [3.8, 4) is 0 Å². The molecule has 1 fully saturated rings. The lowest BCUT2D eigenvalue weighted by molar-refractivity contribution is -0.120. The molecule has 1 aromatic rings. The maximum absolute atomic E-state index is 12.0. The predicted octanol–water partition coefficient (Wildman–Crippen LogP) is 2.11. The molecule has 0 aliphatic heterocycles. The summed E-state index contributed by atoms with van der Waals surface area (Å²) < 4.78 is 0. The van der Waals surface area contributed by atoms with Gasteiger partial charge in [-0.25, -0.2) is 0 Å². The third-order valence-corrected chi connectivity index (χ3v) is 4.19. The number of aliphatic imine (C=N–C) groups is 1. The molecule has 0 unspecified atom stereocenters. The number of benzene rings is 1. The number of aryl methyl sites for hydroxylation is 1. The van der Waals surface area contributed by atoms with E-state index in [9.17, 15) is 4.79 Å². The van der Waals surface area contributed by atoms with Crippen molar-refractivity contribution < 1.29 is 4.79 Å². The van der Waals surface area contributed by atoms with Gasteiger partial charge in [0.1, 0.15) is 0 Å². The molecule has 3 N–H and O–H groups in total. The van der Waals surface area contributed by atoms with Crippen molar-refractivity contribution in [2.24, 2.45) is 4.99 Å². The molecule has 0 heterocycles. The number of amides is 1. The van der Waals surface area contributed by atoms with E-state index >= 15 is 0 Å². The van der Waals surface area contributed by atoms with Crippen molar-refractivity contribution in [3.05, 3.63) is 35.4 Å². The topological polar surface area (TPSA) is 65.5 Å². The Hall–Kier alpha value is -2.04. The van der Waals surface area contributed by atoms with Crippen LogP contribution in [0.2, 0.25) is 0 Å². The fourth-order valence-electron chi connectivity index (χ4n) is 2.80. The first-order valence-electron chi connectivity index (χ1n) is 8.47. The quantitative estimate of drug-likeness (QED) is 0.576. The van der Waals surface area contributed by atoms with Gasteiger partial charge in [-0.15, -0.1) is 0 Å². The highest BCUT2D eigenvalue weighted by molar-refractivity contribution is 5.86. The van der Waals surface area contributed by atoms with Gasteiger partial charge in [0.15, 0.2) is 5.96 Å². The second-order valence-corrected chi connectivity index (χ2v) is 6.17. The molecule has 0 saturated heterocycles. The monoisotopic (exact) mass is 316 g/mol. The van der Waals surface area contributed by atoms with Gasteiger partial charge in [0.2, 0.25) is 5.91 Å². The Morgan fingerprint density at radius 1 is 1.13 bits per heavy atom. The number of nitrogens with zero attached hydrogens (tertiary/aromatic N) is 1. The van der Waals surface area contributed by atoms with Crippen LogP contribution in [0.4, 0.5) is 0 Å². The van der Waals surface area contributed by atoms with Crippen molar-refractivity contribution in [3.63, 3.8) is 0 Å². The van der Waals surface area contributed by atoms with Crippen molar-refractivity contribution >= 4 is 11.9 Å². The van der Waals surface area contributed by atoms with E-state index in [4.69, 9.17) is 0 Å². The Balaban J connectivity index is 1.69. The van der Waals surface area contributed by atoms with Gasteiger partial charge < -0.3 is 16.0 Å². The Kier molecular flexibility index (Phi) is 6.91. The summed E-state index contributed by atoms with van der Waals surface area (Å²) in [5, 5.41) is 9.38. The molecule has 0 atom stereocenters. The zero-order valence-electron chi connectivity index (χ0n) is 14.2. The highest BCUT2D eigenvalue weighted by Gasteiger charge is 2.15. The largest absolute Gasteiger partial charge is 0.352 e. The van der Waals surface area contributed by atoms with E-state index in [1.165, 1.54) is 30.4 Å². The number of hydrogen-bond acceptors (Lipinski definition) is 2. The standard InChI is InChI=1S/C18H28N4O/c1-14-8-10-15(11-9-14)12-20-18(19-2)21-13-17(23)22-16-6-4-3-5-7-16/h8-11,16H,3-7,12-13H2,1-2H3,(H,22,23)(H2,19,20,21). The van der Waals surface area contributed by atoms with Crippen LogP contribution < -0.4 is 16.0 Å². The highest BCUT2D eigenvalue weighted by Crippen LogP contribution is 2.17. The summed E-state index contributed by atoms with van der Waals surface area (Å²) in [6.07, 6.45) is 5.94. The summed E-state index contributed by atoms with van der Waals surface area (Å²) >= 11 is 0. The summed E-state index contributed by atoms with van der Waals surface area (Å²) in [4.78, 5) is 16.1. The first-order chi connectivity index (χ1) is 11.2. The molecule has 0 bridgehead atoms. The minimum absolute atomic E-state index is 0.0372. The van der Waals surface area contributed by atoms with E-state index < -0.39 is 0 Å². The summed E-state index contributed by atoms with van der Waals surface area (Å²) in [5.74, 6) is 0.680. The molecule has 1 saturated carbocycles. The fourth-order valence-corrected chi connectivity index (χ4v) is 2.80. The van der Waals surface area contributed by atoms with Crippen molar-refractivity contribution in [2.45, 2.75) is 51.6 Å². The third kappa shape index (κ3) is 6.30. The molecule has 1 aliphatic carbocycles. The summed E-state index contributed by atoms with van der Waals surface area (Å²) in [6, 6.07) is 8.70. The van der Waals surface area contributed by atoms with Crippen molar-refractivity contribution in [2.75, 3.05) is 13.6 Å². The van der Waals surface area contributed by atoms with Crippen LogP contribution in [0.25, 0.3) is 0 Å². The van der Waals surface area contributed by atoms with Gasteiger partial charge in [0.05, 0.1) is 6.54 Å². The van der Waals surface area contributed by atoms with Crippen LogP contribution in [-0.4, -0.2) is 31.5 Å². The second kappa shape index (κ2) is 9.18. The summed E-state index contributed by atoms with van der Waals surface area (Å²) in [5.41, 5.74) is 2.43. The first kappa shape index (κ1) is 17.3. The van der Waals surface area contributed by atoms with Gasteiger partial charge in [0.25, 0.3) is 0 Å². The average molecular weight is 316 g/mol. The molecule has 126 valence electrons. The van der Waals surface area contributed by atoms with Crippen molar-refractivity contribution in [1.29, 1.82) is 0 Å². The summed E-state index contributed by atoms with van der Waals surface area (Å²) in [6.45, 7) is 3.01. The van der Waals surface area contributed by atoms with Crippen molar-refractivity contribution in [1.82, 2.24) is 16.0 Å². The molecule has 1 aliphatic rings. The molecule has 0 radical (unpaired) electrons. The van der Waals surface area contributed by atoms with Crippen LogP contribution in [0.3, 0.4) is 0 Å². The normalized spacial score (nSPS) is 16.0. The Morgan fingerprint density at radius 2 is 1.83 bits per heavy atom. The number of nitrogens with one attached hydrogen (secondary N) is 3. The molecule has 2 rings (SSSR count). The van der Waals surface area contributed by atoms with Crippen LogP contribution in [-0.2, 0) is 11.3 Å². The van der Waals surface area contributed by atoms with Crippen LogP contribution in [0.1, 0.15) is 43.2 Å². The maximum atomic E-state index is 12.0. The molecule has 5 nitrogen and oxygen atoms in total. The number of carbonyl (C=O) groups excluding carboxylic acids is 1. The average Bonchev–Trinajstić information content (AvgIpc) is 2.57. The lowest BCUT2D eigenvalue weighted by Crippen LogP contribution is -2.45. The number of carbonyl (C=O) groups is 1. The van der Waals surface area contributed by atoms with Gasteiger partial charge in [-0.1, -0.05) is 49.1 Å². The second-order valence-electron chi connectivity index (χ2n) is 6.17. The Bertz CT molecular complexity index is 518. The minimum atomic E-state index is 0.0372. The highest BCUT2D eigenvalue weighted by atomic mass is 16.2. The molecule has 23 heavy (non-hydrogen) atoms. The third-order valence-electron chi connectivity index (χ3n) is 4.19. The number of rotatable bonds is 5. The maximum Gasteiger partial charge on any atom is 0.239 e. The number of hydrogen-bond donors (Lipinski definition) is 3. The first-order valence-corrected chi connectivity index (χ1v) is 8.47. The van der Waals surface area contributed by atoms with Gasteiger partial charge in [0, 0.05) is 19.6 Å².